The van der Waals surface area contributed by atoms with Crippen molar-refractivity contribution < 1.29 is 9.53 Å². The molecule has 0 aliphatic heterocycles. The largest absolute Gasteiger partial charge is 0.492 e. The Morgan fingerprint density at radius 3 is 2.84 bits per heavy atom. The molecule has 0 atom stereocenters. The molecular formula is C14H23N3O2. The SMILES string of the molecule is CCNC(=O)CN(CC)CCOc1cccc(N)c1. The molecule has 3 N–H and O–H groups in total. The Balaban J connectivity index is 2.31. The quantitative estimate of drug-likeness (QED) is 0.691. The van der Waals surface area contributed by atoms with Crippen LogP contribution >= 0.6 is 0 Å². The zero-order valence-corrected chi connectivity index (χ0v) is 11.7. The van der Waals surface area contributed by atoms with Crippen molar-refractivity contribution in [3.8, 4) is 5.75 Å². The van der Waals surface area contributed by atoms with Crippen molar-refractivity contribution >= 4 is 11.6 Å². The molecule has 1 rings (SSSR count). The Morgan fingerprint density at radius 1 is 1.42 bits per heavy atom. The lowest BCUT2D eigenvalue weighted by atomic mass is 10.3. The van der Waals surface area contributed by atoms with E-state index in [1.807, 2.05) is 36.9 Å². The summed E-state index contributed by atoms with van der Waals surface area (Å²) < 4.78 is 5.61. The second-order valence-corrected chi connectivity index (χ2v) is 4.24. The molecule has 1 aromatic rings. The second-order valence-electron chi connectivity index (χ2n) is 4.24. The Labute approximate surface area is 114 Å². The van der Waals surface area contributed by atoms with Gasteiger partial charge in [-0.2, -0.15) is 0 Å². The van der Waals surface area contributed by atoms with Crippen molar-refractivity contribution in [3.63, 3.8) is 0 Å². The number of nitrogen functional groups attached to an aromatic ring is 1. The summed E-state index contributed by atoms with van der Waals surface area (Å²) in [6.45, 7) is 7.08. The van der Waals surface area contributed by atoms with Crippen molar-refractivity contribution in [2.75, 3.05) is 38.5 Å². The first-order valence-electron chi connectivity index (χ1n) is 6.63. The van der Waals surface area contributed by atoms with Gasteiger partial charge in [-0.3, -0.25) is 9.69 Å². The maximum absolute atomic E-state index is 11.5. The number of amides is 1. The smallest absolute Gasteiger partial charge is 0.234 e. The van der Waals surface area contributed by atoms with Crippen molar-refractivity contribution in [1.82, 2.24) is 10.2 Å². The van der Waals surface area contributed by atoms with E-state index in [2.05, 4.69) is 5.32 Å². The van der Waals surface area contributed by atoms with E-state index in [0.29, 0.717) is 31.9 Å². The molecule has 0 aliphatic carbocycles. The average Bonchev–Trinajstić information content (AvgIpc) is 2.38. The van der Waals surface area contributed by atoms with E-state index < -0.39 is 0 Å². The molecule has 0 aliphatic rings. The Kier molecular flexibility index (Phi) is 6.74. The zero-order chi connectivity index (χ0) is 14.1. The number of nitrogens with two attached hydrogens (primary N) is 1. The average molecular weight is 265 g/mol. The van der Waals surface area contributed by atoms with Gasteiger partial charge in [-0.05, 0) is 25.6 Å². The molecule has 0 saturated carbocycles. The normalized spacial score (nSPS) is 10.5. The Bertz CT molecular complexity index is 396. The summed E-state index contributed by atoms with van der Waals surface area (Å²) in [4.78, 5) is 13.5. The molecule has 1 amide bonds. The van der Waals surface area contributed by atoms with Crippen LogP contribution in [0.4, 0.5) is 5.69 Å². The number of benzene rings is 1. The van der Waals surface area contributed by atoms with Crippen LogP contribution in [0.2, 0.25) is 0 Å². The highest BCUT2D eigenvalue weighted by molar-refractivity contribution is 5.77. The van der Waals surface area contributed by atoms with Gasteiger partial charge in [-0.15, -0.1) is 0 Å². The van der Waals surface area contributed by atoms with E-state index in [4.69, 9.17) is 10.5 Å². The van der Waals surface area contributed by atoms with Crippen LogP contribution in [-0.4, -0.2) is 43.6 Å². The van der Waals surface area contributed by atoms with Crippen molar-refractivity contribution in [2.45, 2.75) is 13.8 Å². The Hall–Kier alpha value is -1.75. The topological polar surface area (TPSA) is 67.6 Å². The van der Waals surface area contributed by atoms with Gasteiger partial charge in [-0.25, -0.2) is 0 Å². The third-order valence-electron chi connectivity index (χ3n) is 2.72. The summed E-state index contributed by atoms with van der Waals surface area (Å²) in [5, 5.41) is 2.79. The number of hydrogen-bond acceptors (Lipinski definition) is 4. The molecule has 0 fully saturated rings. The van der Waals surface area contributed by atoms with E-state index in [-0.39, 0.29) is 5.91 Å². The number of nitrogens with one attached hydrogen (secondary N) is 1. The van der Waals surface area contributed by atoms with Gasteiger partial charge >= 0.3 is 0 Å². The highest BCUT2D eigenvalue weighted by atomic mass is 16.5. The van der Waals surface area contributed by atoms with Crippen LogP contribution in [0.15, 0.2) is 24.3 Å². The fourth-order valence-corrected chi connectivity index (χ4v) is 1.70. The summed E-state index contributed by atoms with van der Waals surface area (Å²) in [6, 6.07) is 7.34. The van der Waals surface area contributed by atoms with Gasteiger partial charge in [-0.1, -0.05) is 13.0 Å². The van der Waals surface area contributed by atoms with Crippen LogP contribution in [0.3, 0.4) is 0 Å². The monoisotopic (exact) mass is 265 g/mol. The van der Waals surface area contributed by atoms with E-state index in [1.165, 1.54) is 0 Å². The predicted molar refractivity (Wildman–Crippen MR) is 77.1 cm³/mol. The lowest BCUT2D eigenvalue weighted by Crippen LogP contribution is -2.38. The van der Waals surface area contributed by atoms with Gasteiger partial charge in [0.05, 0.1) is 6.54 Å². The van der Waals surface area contributed by atoms with Gasteiger partial charge < -0.3 is 15.8 Å². The van der Waals surface area contributed by atoms with Crippen LogP contribution in [0.1, 0.15) is 13.8 Å². The predicted octanol–water partition coefficient (Wildman–Crippen LogP) is 1.11. The summed E-state index contributed by atoms with van der Waals surface area (Å²) in [5.41, 5.74) is 6.36. The van der Waals surface area contributed by atoms with E-state index >= 15 is 0 Å². The van der Waals surface area contributed by atoms with Crippen molar-refractivity contribution in [3.05, 3.63) is 24.3 Å². The van der Waals surface area contributed by atoms with Gasteiger partial charge in [0, 0.05) is 24.8 Å². The summed E-state index contributed by atoms with van der Waals surface area (Å²) >= 11 is 0. The van der Waals surface area contributed by atoms with Gasteiger partial charge in [0.25, 0.3) is 0 Å². The number of carbonyl (C=O) groups is 1. The third-order valence-corrected chi connectivity index (χ3v) is 2.72. The fourth-order valence-electron chi connectivity index (χ4n) is 1.70. The van der Waals surface area contributed by atoms with Crippen molar-refractivity contribution in [1.29, 1.82) is 0 Å². The standard InChI is InChI=1S/C14H23N3O2/c1-3-16-14(18)11-17(4-2)8-9-19-13-7-5-6-12(15)10-13/h5-7,10H,3-4,8-9,11,15H2,1-2H3,(H,16,18). The maximum Gasteiger partial charge on any atom is 0.234 e. The number of nitrogens with zero attached hydrogens (tertiary/aromatic N) is 1. The molecule has 0 saturated heterocycles. The first-order chi connectivity index (χ1) is 9.15. The molecule has 0 aromatic heterocycles. The first-order valence-corrected chi connectivity index (χ1v) is 6.63. The summed E-state index contributed by atoms with van der Waals surface area (Å²) in [6.07, 6.45) is 0. The molecule has 5 nitrogen and oxygen atoms in total. The molecule has 0 heterocycles. The van der Waals surface area contributed by atoms with Crippen LogP contribution < -0.4 is 15.8 Å². The lowest BCUT2D eigenvalue weighted by Gasteiger charge is -2.19. The summed E-state index contributed by atoms with van der Waals surface area (Å²) in [7, 11) is 0. The van der Waals surface area contributed by atoms with Crippen molar-refractivity contribution in [2.24, 2.45) is 0 Å². The summed E-state index contributed by atoms with van der Waals surface area (Å²) in [5.74, 6) is 0.808. The molecule has 0 bridgehead atoms. The number of anilines is 1. The van der Waals surface area contributed by atoms with Gasteiger partial charge in [0.2, 0.25) is 5.91 Å². The number of ether oxygens (including phenoxy) is 1. The minimum atomic E-state index is 0.0494. The number of carbonyl (C=O) groups excluding carboxylic acids is 1. The molecule has 5 heteroatoms. The molecule has 1 aromatic carbocycles. The van der Waals surface area contributed by atoms with Gasteiger partial charge in [0.1, 0.15) is 12.4 Å². The first kappa shape index (κ1) is 15.3. The fraction of sp³-hybridized carbons (Fsp3) is 0.500. The maximum atomic E-state index is 11.5. The number of rotatable bonds is 8. The Morgan fingerprint density at radius 2 is 2.21 bits per heavy atom. The van der Waals surface area contributed by atoms with Crippen LogP contribution in [0, 0.1) is 0 Å². The molecule has 0 unspecified atom stereocenters. The van der Waals surface area contributed by atoms with Crippen LogP contribution in [0.25, 0.3) is 0 Å². The van der Waals surface area contributed by atoms with E-state index in [9.17, 15) is 4.79 Å². The highest BCUT2D eigenvalue weighted by Gasteiger charge is 2.08. The van der Waals surface area contributed by atoms with E-state index in [1.54, 1.807) is 6.07 Å². The lowest BCUT2D eigenvalue weighted by molar-refractivity contribution is -0.122. The zero-order valence-electron chi connectivity index (χ0n) is 11.7. The highest BCUT2D eigenvalue weighted by Crippen LogP contribution is 2.14. The minimum Gasteiger partial charge on any atom is -0.492 e. The van der Waals surface area contributed by atoms with Gasteiger partial charge in [0.15, 0.2) is 0 Å². The molecule has 106 valence electrons. The molecular weight excluding hydrogens is 242 g/mol. The van der Waals surface area contributed by atoms with Crippen LogP contribution in [0.5, 0.6) is 5.75 Å². The molecule has 19 heavy (non-hydrogen) atoms. The van der Waals surface area contributed by atoms with E-state index in [0.717, 1.165) is 12.3 Å². The number of hydrogen-bond donors (Lipinski definition) is 2. The molecule has 0 radical (unpaired) electrons. The molecule has 0 spiro atoms. The third kappa shape index (κ3) is 6.10. The minimum absolute atomic E-state index is 0.0494. The number of likely N-dealkylation sites (N-methyl/N-ethyl adjacent to an activating group) is 2. The van der Waals surface area contributed by atoms with Crippen LogP contribution in [-0.2, 0) is 4.79 Å². The second kappa shape index (κ2) is 8.37.